The number of hydrogen-bond donors (Lipinski definition) is 4. The van der Waals surface area contributed by atoms with Crippen molar-refractivity contribution >= 4 is 64.3 Å². The molecule has 332 valence electrons. The van der Waals surface area contributed by atoms with Crippen molar-refractivity contribution < 1.29 is 48.1 Å². The zero-order valence-corrected chi connectivity index (χ0v) is 37.6. The molecule has 6 amide bonds. The van der Waals surface area contributed by atoms with Crippen molar-refractivity contribution in [3.63, 3.8) is 0 Å². The Morgan fingerprint density at radius 2 is 1.10 bits per heavy atom. The lowest BCUT2D eigenvalue weighted by Gasteiger charge is -2.27. The van der Waals surface area contributed by atoms with Crippen LogP contribution < -0.4 is 21.3 Å². The molecule has 16 nitrogen and oxygen atoms in total. The average molecular weight is 961 g/mol. The number of halogens is 4. The van der Waals surface area contributed by atoms with Gasteiger partial charge in [-0.1, -0.05) is 13.8 Å². The number of carbonyl (C=O) groups is 7. The van der Waals surface area contributed by atoms with E-state index in [9.17, 15) is 41.9 Å². The summed E-state index contributed by atoms with van der Waals surface area (Å²) in [5.41, 5.74) is 4.01. The van der Waals surface area contributed by atoms with Crippen molar-refractivity contribution in [3.8, 4) is 0 Å². The molecule has 20 heteroatoms. The third-order valence-electron chi connectivity index (χ3n) is 9.59. The van der Waals surface area contributed by atoms with Crippen LogP contribution >= 0.6 is 22.6 Å². The van der Waals surface area contributed by atoms with E-state index in [-0.39, 0.29) is 53.6 Å². The molecule has 3 aromatic heterocycles. The number of aromatic nitrogens is 3. The number of amides is 6. The van der Waals surface area contributed by atoms with Gasteiger partial charge in [-0.3, -0.25) is 33.6 Å². The summed E-state index contributed by atoms with van der Waals surface area (Å²) >= 11 is 2.18. The number of nitrogens with one attached hydrogen (secondary N) is 4. The molecule has 3 aliphatic rings. The fraction of sp³-hybridized carbons (Fsp3) is 0.525. The molecule has 0 fully saturated rings. The van der Waals surface area contributed by atoms with Gasteiger partial charge < -0.3 is 44.8 Å². The Morgan fingerprint density at radius 3 is 1.43 bits per heavy atom. The zero-order valence-electron chi connectivity index (χ0n) is 36.5. The molecule has 6 rings (SSSR count). The van der Waals surface area contributed by atoms with Crippen molar-refractivity contribution in [2.24, 2.45) is 0 Å². The number of rotatable bonds is 8. The summed E-state index contributed by atoms with van der Waals surface area (Å²) in [7, 11) is 5.21. The van der Waals surface area contributed by atoms with E-state index in [0.29, 0.717) is 69.1 Å². The maximum Gasteiger partial charge on any atom is 0.446 e. The molecule has 0 aromatic carbocycles. The molecular formula is C40H57F3IN9O7. The normalized spacial score (nSPS) is 17.4. The number of nitrogens with zero attached hydrogens (tertiary/aromatic N) is 5. The summed E-state index contributed by atoms with van der Waals surface area (Å²) in [4.78, 5) is 82.6. The van der Waals surface area contributed by atoms with E-state index in [1.807, 2.05) is 92.0 Å². The van der Waals surface area contributed by atoms with Gasteiger partial charge >= 0.3 is 6.18 Å². The largest absolute Gasteiger partial charge is 0.446 e. The Balaban J connectivity index is 0.000000287. The van der Waals surface area contributed by atoms with Crippen LogP contribution in [0.25, 0.3) is 0 Å². The zero-order chi connectivity index (χ0) is 46.4. The Labute approximate surface area is 363 Å². The Bertz CT molecular complexity index is 1940. The van der Waals surface area contributed by atoms with Crippen LogP contribution in [0, 0.1) is 17.4 Å². The van der Waals surface area contributed by atoms with Gasteiger partial charge in [0.2, 0.25) is 24.0 Å². The lowest BCUT2D eigenvalue weighted by molar-refractivity contribution is -0.156. The number of aldehydes is 1. The maximum atomic E-state index is 11.9. The van der Waals surface area contributed by atoms with Gasteiger partial charge in [0, 0.05) is 95.3 Å². The van der Waals surface area contributed by atoms with Gasteiger partial charge in [-0.2, -0.15) is 13.2 Å². The smallest absolute Gasteiger partial charge is 0.359 e. The molecule has 0 spiro atoms. The van der Waals surface area contributed by atoms with Gasteiger partial charge in [0.25, 0.3) is 17.7 Å². The highest BCUT2D eigenvalue weighted by atomic mass is 127. The highest BCUT2D eigenvalue weighted by Gasteiger charge is 2.30. The van der Waals surface area contributed by atoms with Gasteiger partial charge in [0.05, 0.1) is 18.1 Å². The Hall–Kier alpha value is -5.15. The van der Waals surface area contributed by atoms with Gasteiger partial charge in [0.15, 0.2) is 0 Å². The SMILES string of the molecule is CC.CCN(C)C(=O)CC1CNC(=O)c2cc(C)cn21.CCN(C)C(=O)CC1CNC(=O)c2cc(I)cn21.CNC(=O)CC1CNC(=O)c2cc(C)cn21.[2H]C(=O)C(F)(F)F. The molecule has 0 aliphatic carbocycles. The van der Waals surface area contributed by atoms with Crippen molar-refractivity contribution in [2.75, 3.05) is 53.9 Å². The van der Waals surface area contributed by atoms with E-state index < -0.39 is 12.4 Å². The van der Waals surface area contributed by atoms with Crippen molar-refractivity contribution in [1.82, 2.24) is 44.8 Å². The average Bonchev–Trinajstić information content (AvgIpc) is 3.95. The van der Waals surface area contributed by atoms with Gasteiger partial charge in [-0.25, -0.2) is 0 Å². The summed E-state index contributed by atoms with van der Waals surface area (Å²) in [5.74, 6) is 0.00470. The molecule has 3 atom stereocenters. The fourth-order valence-electron chi connectivity index (χ4n) is 6.23. The van der Waals surface area contributed by atoms with E-state index in [4.69, 9.17) is 6.17 Å². The molecule has 3 aliphatic heterocycles. The van der Waals surface area contributed by atoms with Crippen LogP contribution in [0.1, 0.15) is 109 Å². The minimum atomic E-state index is -4.97. The second kappa shape index (κ2) is 23.6. The van der Waals surface area contributed by atoms with Crippen LogP contribution in [-0.4, -0.2) is 125 Å². The first-order valence-corrected chi connectivity index (χ1v) is 20.5. The summed E-state index contributed by atoms with van der Waals surface area (Å²) in [5, 5.41) is 11.1. The van der Waals surface area contributed by atoms with E-state index in [1.165, 1.54) is 0 Å². The highest BCUT2D eigenvalue weighted by Crippen LogP contribution is 2.25. The first-order chi connectivity index (χ1) is 28.6. The number of aryl methyl sites for hydroxylation is 2. The number of hydrogen-bond acceptors (Lipinski definition) is 7. The van der Waals surface area contributed by atoms with Crippen LogP contribution in [0.15, 0.2) is 36.8 Å². The lowest BCUT2D eigenvalue weighted by atomic mass is 10.1. The van der Waals surface area contributed by atoms with Crippen LogP contribution in [0.2, 0.25) is 0 Å². The molecule has 0 saturated carbocycles. The number of fused-ring (bicyclic) bond motifs is 3. The Kier molecular flexibility index (Phi) is 19.3. The molecular weight excluding hydrogens is 902 g/mol. The van der Waals surface area contributed by atoms with E-state index >= 15 is 0 Å². The minimum absolute atomic E-state index is 0.0151. The van der Waals surface area contributed by atoms with Gasteiger partial charge in [0.1, 0.15) is 18.5 Å². The molecule has 0 radical (unpaired) electrons. The van der Waals surface area contributed by atoms with Gasteiger partial charge in [-0.15, -0.1) is 0 Å². The summed E-state index contributed by atoms with van der Waals surface area (Å²) in [6.45, 7) is 14.7. The fourth-order valence-corrected chi connectivity index (χ4v) is 6.82. The molecule has 3 aromatic rings. The minimum Gasteiger partial charge on any atom is -0.359 e. The van der Waals surface area contributed by atoms with Crippen molar-refractivity contribution in [2.45, 2.75) is 85.1 Å². The van der Waals surface area contributed by atoms with Gasteiger partial charge in [-0.05, 0) is 79.6 Å². The molecule has 6 heterocycles. The van der Waals surface area contributed by atoms with Crippen molar-refractivity contribution in [1.29, 1.82) is 0 Å². The Morgan fingerprint density at radius 1 is 0.767 bits per heavy atom. The van der Waals surface area contributed by atoms with E-state index in [1.54, 1.807) is 30.9 Å². The predicted molar refractivity (Wildman–Crippen MR) is 228 cm³/mol. The number of carbonyl (C=O) groups excluding carboxylic acids is 7. The summed E-state index contributed by atoms with van der Waals surface area (Å²) in [6.07, 6.45) is -0.461. The molecule has 0 saturated heterocycles. The molecule has 0 bridgehead atoms. The highest BCUT2D eigenvalue weighted by molar-refractivity contribution is 14.1. The molecule has 4 N–H and O–H groups in total. The first-order valence-electron chi connectivity index (χ1n) is 20.0. The van der Waals surface area contributed by atoms with Crippen LogP contribution in [0.5, 0.6) is 0 Å². The summed E-state index contributed by atoms with van der Waals surface area (Å²) < 4.78 is 44.1. The lowest BCUT2D eigenvalue weighted by Crippen LogP contribution is -2.40. The predicted octanol–water partition coefficient (Wildman–Crippen LogP) is 4.19. The monoisotopic (exact) mass is 960 g/mol. The third-order valence-corrected chi connectivity index (χ3v) is 10.2. The molecule has 3 unspecified atom stereocenters. The second-order valence-corrected chi connectivity index (χ2v) is 15.1. The quantitative estimate of drug-likeness (QED) is 0.193. The summed E-state index contributed by atoms with van der Waals surface area (Å²) in [6, 6.07) is 5.59. The maximum absolute atomic E-state index is 11.9. The van der Waals surface area contributed by atoms with E-state index in [2.05, 4.69) is 43.9 Å². The van der Waals surface area contributed by atoms with Crippen LogP contribution in [0.3, 0.4) is 0 Å². The van der Waals surface area contributed by atoms with Crippen LogP contribution in [0.4, 0.5) is 13.2 Å². The first kappa shape index (κ1) is 49.2. The topological polar surface area (TPSA) is 189 Å². The van der Waals surface area contributed by atoms with Crippen LogP contribution in [-0.2, 0) is 19.2 Å². The standard InChI is InChI=1S/C13H19N3O2.C12H16IN3O2.C11H15N3O2.C2HF3O.C2H6/c1-4-15(3)12(17)6-10-7-14-13(18)11-5-9(2)8-16(10)11;1-3-15(2)11(17)5-9-6-14-12(18)10-4-8(13)7-16(9)10;1-7-3-9-11(16)13-5-8(14(9)6-7)4-10(15)12-2;3-2(4,5)1-6;1-2/h5,8,10H,4,6-7H2,1-3H3,(H,14,18);4,7,9H,3,5-6H2,1-2H3,(H,14,18);3,6,8H,4-5H2,1-2H3,(H,12,15)(H,13,16);1H;1-2H3/i;;;1D;. The second-order valence-electron chi connectivity index (χ2n) is 13.9. The molecule has 60 heavy (non-hydrogen) atoms. The van der Waals surface area contributed by atoms with E-state index in [0.717, 1.165) is 14.7 Å². The third kappa shape index (κ3) is 14.5. The number of alkyl halides is 3. The van der Waals surface area contributed by atoms with Crippen molar-refractivity contribution in [3.05, 3.63) is 68.6 Å².